The maximum atomic E-state index is 11.3. The van der Waals surface area contributed by atoms with Crippen LogP contribution in [-0.2, 0) is 14.8 Å². The van der Waals surface area contributed by atoms with E-state index in [0.29, 0.717) is 5.56 Å². The highest BCUT2D eigenvalue weighted by atomic mass is 32.2. The summed E-state index contributed by atoms with van der Waals surface area (Å²) in [7, 11) is -3.87. The molecule has 0 atom stereocenters. The maximum absolute atomic E-state index is 11.3. The highest BCUT2D eigenvalue weighted by Gasteiger charge is 2.17. The van der Waals surface area contributed by atoms with E-state index in [9.17, 15) is 13.2 Å². The third-order valence-corrected chi connectivity index (χ3v) is 3.05. The van der Waals surface area contributed by atoms with Crippen molar-refractivity contribution in [1.29, 1.82) is 0 Å². The minimum atomic E-state index is -3.87. The zero-order valence-electron chi connectivity index (χ0n) is 8.73. The Labute approximate surface area is 94.0 Å². The number of hydrogen-bond donors (Lipinski definition) is 2. The number of carbonyl (C=O) groups is 1. The molecule has 3 N–H and O–H groups in total. The molecule has 0 radical (unpaired) electrons. The lowest BCUT2D eigenvalue weighted by molar-refractivity contribution is -0.111. The van der Waals surface area contributed by atoms with Gasteiger partial charge >= 0.3 is 0 Å². The van der Waals surface area contributed by atoms with E-state index >= 15 is 0 Å². The van der Waals surface area contributed by atoms with Crippen LogP contribution in [0.4, 0.5) is 5.69 Å². The lowest BCUT2D eigenvalue weighted by Gasteiger charge is -2.10. The zero-order valence-corrected chi connectivity index (χ0v) is 9.54. The quantitative estimate of drug-likeness (QED) is 0.764. The zero-order chi connectivity index (χ0) is 12.3. The molecule has 0 fully saturated rings. The summed E-state index contributed by atoms with van der Waals surface area (Å²) < 4.78 is 22.7. The molecule has 1 aromatic carbocycles. The van der Waals surface area contributed by atoms with E-state index in [4.69, 9.17) is 5.14 Å². The Bertz CT molecular complexity index is 535. The van der Waals surface area contributed by atoms with Crippen LogP contribution < -0.4 is 10.5 Å². The molecule has 0 saturated heterocycles. The van der Waals surface area contributed by atoms with Gasteiger partial charge in [-0.25, -0.2) is 13.6 Å². The number of carbonyl (C=O) groups excluding carboxylic acids is 1. The molecule has 6 heteroatoms. The van der Waals surface area contributed by atoms with Crippen LogP contribution in [0.5, 0.6) is 0 Å². The van der Waals surface area contributed by atoms with Crippen LogP contribution in [0.1, 0.15) is 5.56 Å². The first kappa shape index (κ1) is 12.4. The smallest absolute Gasteiger partial charge is 0.247 e. The summed E-state index contributed by atoms with van der Waals surface area (Å²) in [5.41, 5.74) is 0.636. The van der Waals surface area contributed by atoms with E-state index in [2.05, 4.69) is 11.9 Å². The van der Waals surface area contributed by atoms with Crippen LogP contribution >= 0.6 is 0 Å². The Morgan fingerprint density at radius 2 is 2.12 bits per heavy atom. The largest absolute Gasteiger partial charge is 0.321 e. The van der Waals surface area contributed by atoms with E-state index in [0.717, 1.165) is 6.08 Å². The fraction of sp³-hybridized carbons (Fsp3) is 0.100. The summed E-state index contributed by atoms with van der Waals surface area (Å²) in [6.07, 6.45) is 1.05. The Morgan fingerprint density at radius 1 is 1.50 bits per heavy atom. The van der Waals surface area contributed by atoms with Gasteiger partial charge in [-0.15, -0.1) is 0 Å². The molecule has 0 spiro atoms. The van der Waals surface area contributed by atoms with Gasteiger partial charge in [-0.2, -0.15) is 0 Å². The molecule has 1 amide bonds. The molecule has 0 heterocycles. The fourth-order valence-corrected chi connectivity index (χ4v) is 2.25. The number of primary sulfonamides is 1. The average molecular weight is 240 g/mol. The molecular formula is C10H12N2O3S. The second-order valence-corrected chi connectivity index (χ2v) is 4.69. The summed E-state index contributed by atoms with van der Waals surface area (Å²) in [5, 5.41) is 7.46. The third-order valence-electron chi connectivity index (χ3n) is 1.94. The van der Waals surface area contributed by atoms with Crippen LogP contribution in [0, 0.1) is 6.92 Å². The summed E-state index contributed by atoms with van der Waals surface area (Å²) in [4.78, 5) is 11.0. The number of nitrogens with one attached hydrogen (secondary N) is 1. The Kier molecular flexibility index (Phi) is 3.46. The normalized spacial score (nSPS) is 10.9. The lowest BCUT2D eigenvalue weighted by Crippen LogP contribution is -2.18. The molecular weight excluding hydrogens is 228 g/mol. The first-order valence-electron chi connectivity index (χ1n) is 4.42. The van der Waals surface area contributed by atoms with Crippen molar-refractivity contribution >= 4 is 21.6 Å². The Hall–Kier alpha value is -1.66. The van der Waals surface area contributed by atoms with Crippen molar-refractivity contribution in [2.75, 3.05) is 5.32 Å². The van der Waals surface area contributed by atoms with Gasteiger partial charge in [0.25, 0.3) is 0 Å². The SMILES string of the molecule is C=CC(=O)Nc1cccc(C)c1S(N)(=O)=O. The molecule has 1 aromatic rings. The number of benzene rings is 1. The molecule has 0 unspecified atom stereocenters. The van der Waals surface area contributed by atoms with Gasteiger partial charge in [0.1, 0.15) is 4.90 Å². The number of sulfonamides is 1. The van der Waals surface area contributed by atoms with Crippen molar-refractivity contribution < 1.29 is 13.2 Å². The summed E-state index contributed by atoms with van der Waals surface area (Å²) >= 11 is 0. The van der Waals surface area contributed by atoms with Crippen LogP contribution in [0.2, 0.25) is 0 Å². The second-order valence-electron chi connectivity index (χ2n) is 3.19. The molecule has 86 valence electrons. The molecule has 0 bridgehead atoms. The highest BCUT2D eigenvalue weighted by molar-refractivity contribution is 7.89. The molecule has 0 aliphatic carbocycles. The number of hydrogen-bond acceptors (Lipinski definition) is 3. The Morgan fingerprint density at radius 3 is 2.62 bits per heavy atom. The van der Waals surface area contributed by atoms with Gasteiger partial charge in [0.2, 0.25) is 15.9 Å². The van der Waals surface area contributed by atoms with Crippen LogP contribution in [-0.4, -0.2) is 14.3 Å². The fourth-order valence-electron chi connectivity index (χ4n) is 1.31. The second kappa shape index (κ2) is 4.46. The van der Waals surface area contributed by atoms with Gasteiger partial charge in [-0.3, -0.25) is 4.79 Å². The highest BCUT2D eigenvalue weighted by Crippen LogP contribution is 2.23. The number of rotatable bonds is 3. The van der Waals surface area contributed by atoms with Gasteiger partial charge < -0.3 is 5.32 Å². The predicted octanol–water partition coefficient (Wildman–Crippen LogP) is 0.767. The van der Waals surface area contributed by atoms with Crippen molar-refractivity contribution in [3.05, 3.63) is 36.4 Å². The summed E-state index contributed by atoms with van der Waals surface area (Å²) in [6, 6.07) is 4.69. The number of amides is 1. The van der Waals surface area contributed by atoms with Gasteiger partial charge in [-0.05, 0) is 24.6 Å². The molecule has 0 aromatic heterocycles. The molecule has 16 heavy (non-hydrogen) atoms. The van der Waals surface area contributed by atoms with E-state index in [1.165, 1.54) is 6.07 Å². The van der Waals surface area contributed by atoms with Crippen LogP contribution in [0.3, 0.4) is 0 Å². The molecule has 5 nitrogen and oxygen atoms in total. The van der Waals surface area contributed by atoms with Gasteiger partial charge in [-0.1, -0.05) is 18.7 Å². The first-order chi connectivity index (χ1) is 7.36. The predicted molar refractivity (Wildman–Crippen MR) is 61.4 cm³/mol. The van der Waals surface area contributed by atoms with Crippen molar-refractivity contribution in [2.45, 2.75) is 11.8 Å². The lowest BCUT2D eigenvalue weighted by atomic mass is 10.2. The molecule has 0 aliphatic heterocycles. The van der Waals surface area contributed by atoms with Crippen molar-refractivity contribution in [2.24, 2.45) is 5.14 Å². The minimum Gasteiger partial charge on any atom is -0.321 e. The first-order valence-corrected chi connectivity index (χ1v) is 5.96. The standard InChI is InChI=1S/C10H12N2O3S/c1-3-9(13)12-8-6-4-5-7(2)10(8)16(11,14)15/h3-6H,1H2,2H3,(H,12,13)(H2,11,14,15). The average Bonchev–Trinajstić information content (AvgIpc) is 2.15. The monoisotopic (exact) mass is 240 g/mol. The van der Waals surface area contributed by atoms with Crippen molar-refractivity contribution in [3.63, 3.8) is 0 Å². The summed E-state index contributed by atoms with van der Waals surface area (Å²) in [5.74, 6) is -0.490. The van der Waals surface area contributed by atoms with E-state index in [-0.39, 0.29) is 10.6 Å². The number of aryl methyl sites for hydroxylation is 1. The molecule has 0 saturated carbocycles. The topological polar surface area (TPSA) is 89.3 Å². The van der Waals surface area contributed by atoms with Crippen molar-refractivity contribution in [3.8, 4) is 0 Å². The minimum absolute atomic E-state index is 0.0785. The van der Waals surface area contributed by atoms with Crippen LogP contribution in [0.25, 0.3) is 0 Å². The van der Waals surface area contributed by atoms with Crippen molar-refractivity contribution in [1.82, 2.24) is 0 Å². The summed E-state index contributed by atoms with van der Waals surface area (Å²) in [6.45, 7) is 4.88. The van der Waals surface area contributed by atoms with Gasteiger partial charge in [0, 0.05) is 0 Å². The van der Waals surface area contributed by atoms with Gasteiger partial charge in [0.15, 0.2) is 0 Å². The molecule has 1 rings (SSSR count). The third kappa shape index (κ3) is 2.68. The van der Waals surface area contributed by atoms with Gasteiger partial charge in [0.05, 0.1) is 5.69 Å². The number of nitrogens with two attached hydrogens (primary N) is 1. The van der Waals surface area contributed by atoms with E-state index in [1.807, 2.05) is 0 Å². The maximum Gasteiger partial charge on any atom is 0.247 e. The van der Waals surface area contributed by atoms with E-state index in [1.54, 1.807) is 19.1 Å². The number of anilines is 1. The molecule has 0 aliphatic rings. The van der Waals surface area contributed by atoms with E-state index < -0.39 is 15.9 Å². The Balaban J connectivity index is 3.35. The van der Waals surface area contributed by atoms with Crippen LogP contribution in [0.15, 0.2) is 35.7 Å².